The first-order valence-corrected chi connectivity index (χ1v) is 8.10. The summed E-state index contributed by atoms with van der Waals surface area (Å²) < 4.78 is 1.02. The number of carbonyl (C=O) groups is 1. The molecule has 2 aromatic rings. The Bertz CT molecular complexity index is 647. The largest absolute Gasteiger partial charge is 0.351 e. The maximum absolute atomic E-state index is 12.3. The van der Waals surface area contributed by atoms with Crippen molar-refractivity contribution < 1.29 is 4.79 Å². The van der Waals surface area contributed by atoms with E-state index in [2.05, 4.69) is 44.2 Å². The van der Waals surface area contributed by atoms with Crippen LogP contribution in [0, 0.1) is 0 Å². The number of carbonyl (C=O) groups excluding carboxylic acids is 1. The Kier molecular flexibility index (Phi) is 4.87. The highest BCUT2D eigenvalue weighted by molar-refractivity contribution is 9.10. The zero-order valence-electron chi connectivity index (χ0n) is 12.1. The third-order valence-corrected chi connectivity index (χ3v) is 4.27. The average molecular weight is 360 g/mol. The molecule has 2 unspecified atom stereocenters. The van der Waals surface area contributed by atoms with Gasteiger partial charge in [-0.15, -0.1) is 0 Å². The van der Waals surface area contributed by atoms with Crippen LogP contribution in [0.4, 0.5) is 0 Å². The molecule has 0 bridgehead atoms. The molecule has 4 nitrogen and oxygen atoms in total. The summed E-state index contributed by atoms with van der Waals surface area (Å²) in [4.78, 5) is 12.3. The Hall–Kier alpha value is -1.69. The summed E-state index contributed by atoms with van der Waals surface area (Å²) in [6.45, 7) is 0.534. The highest BCUT2D eigenvalue weighted by atomic mass is 79.9. The van der Waals surface area contributed by atoms with Crippen molar-refractivity contribution in [3.05, 3.63) is 70.2 Å². The first-order chi connectivity index (χ1) is 10.7. The third-order valence-electron chi connectivity index (χ3n) is 3.78. The summed E-state index contributed by atoms with van der Waals surface area (Å²) in [6, 6.07) is 18.1. The lowest BCUT2D eigenvalue weighted by Crippen LogP contribution is -2.42. The summed E-state index contributed by atoms with van der Waals surface area (Å²) in [5.74, 6) is 0.0194. The first kappa shape index (κ1) is 15.2. The van der Waals surface area contributed by atoms with Gasteiger partial charge in [0.2, 0.25) is 5.91 Å². The smallest absolute Gasteiger partial charge is 0.238 e. The molecule has 0 aromatic heterocycles. The SMILES string of the molecule is O=C(NCc1cccc(Br)c1)C1CC(c2ccccc2)NN1. The number of amides is 1. The molecule has 0 radical (unpaired) electrons. The molecule has 1 heterocycles. The van der Waals surface area contributed by atoms with E-state index in [9.17, 15) is 4.79 Å². The molecule has 1 fully saturated rings. The Balaban J connectivity index is 1.53. The molecular formula is C17H18BrN3O. The van der Waals surface area contributed by atoms with Gasteiger partial charge < -0.3 is 5.32 Å². The van der Waals surface area contributed by atoms with E-state index in [4.69, 9.17) is 0 Å². The van der Waals surface area contributed by atoms with Gasteiger partial charge in [-0.3, -0.25) is 4.79 Å². The van der Waals surface area contributed by atoms with Crippen molar-refractivity contribution in [2.75, 3.05) is 0 Å². The third kappa shape index (κ3) is 3.74. The van der Waals surface area contributed by atoms with Gasteiger partial charge in [0, 0.05) is 17.1 Å². The maximum atomic E-state index is 12.3. The minimum atomic E-state index is -0.211. The molecule has 5 heteroatoms. The molecule has 0 aliphatic carbocycles. The van der Waals surface area contributed by atoms with Crippen LogP contribution in [0.1, 0.15) is 23.6 Å². The van der Waals surface area contributed by atoms with Crippen molar-refractivity contribution in [3.8, 4) is 0 Å². The fourth-order valence-electron chi connectivity index (χ4n) is 2.59. The summed E-state index contributed by atoms with van der Waals surface area (Å²) in [5, 5.41) is 2.98. The van der Waals surface area contributed by atoms with Crippen LogP contribution in [0.3, 0.4) is 0 Å². The number of benzene rings is 2. The summed E-state index contributed by atoms with van der Waals surface area (Å²) in [7, 11) is 0. The van der Waals surface area contributed by atoms with Crippen molar-refractivity contribution in [1.82, 2.24) is 16.2 Å². The van der Waals surface area contributed by atoms with Crippen molar-refractivity contribution in [1.29, 1.82) is 0 Å². The second-order valence-electron chi connectivity index (χ2n) is 5.39. The van der Waals surface area contributed by atoms with Crippen LogP contribution in [-0.2, 0) is 11.3 Å². The van der Waals surface area contributed by atoms with Gasteiger partial charge in [-0.1, -0.05) is 58.4 Å². The second-order valence-corrected chi connectivity index (χ2v) is 6.30. The summed E-state index contributed by atoms with van der Waals surface area (Å²) >= 11 is 3.43. The van der Waals surface area contributed by atoms with E-state index >= 15 is 0 Å². The van der Waals surface area contributed by atoms with E-state index in [0.29, 0.717) is 6.54 Å². The van der Waals surface area contributed by atoms with E-state index in [0.717, 1.165) is 16.5 Å². The minimum Gasteiger partial charge on any atom is -0.351 e. The molecule has 3 N–H and O–H groups in total. The molecule has 1 saturated heterocycles. The number of nitrogens with one attached hydrogen (secondary N) is 3. The van der Waals surface area contributed by atoms with E-state index in [1.165, 1.54) is 5.56 Å². The fraction of sp³-hybridized carbons (Fsp3) is 0.235. The lowest BCUT2D eigenvalue weighted by atomic mass is 10.0. The summed E-state index contributed by atoms with van der Waals surface area (Å²) in [5.41, 5.74) is 8.54. The van der Waals surface area contributed by atoms with Gasteiger partial charge in [-0.2, -0.15) is 0 Å². The van der Waals surface area contributed by atoms with Crippen molar-refractivity contribution in [2.45, 2.75) is 25.0 Å². The molecule has 0 saturated carbocycles. The van der Waals surface area contributed by atoms with Gasteiger partial charge in [0.05, 0.1) is 0 Å². The van der Waals surface area contributed by atoms with Crippen LogP contribution >= 0.6 is 15.9 Å². The highest BCUT2D eigenvalue weighted by Crippen LogP contribution is 2.21. The van der Waals surface area contributed by atoms with Crippen molar-refractivity contribution in [2.24, 2.45) is 0 Å². The number of rotatable bonds is 4. The molecule has 1 aliphatic heterocycles. The van der Waals surface area contributed by atoms with Gasteiger partial charge in [-0.05, 0) is 29.7 Å². The molecule has 2 aromatic carbocycles. The number of hydrazine groups is 1. The maximum Gasteiger partial charge on any atom is 0.238 e. The van der Waals surface area contributed by atoms with E-state index in [1.807, 2.05) is 42.5 Å². The number of hydrogen-bond acceptors (Lipinski definition) is 3. The monoisotopic (exact) mass is 359 g/mol. The van der Waals surface area contributed by atoms with Crippen molar-refractivity contribution in [3.63, 3.8) is 0 Å². The van der Waals surface area contributed by atoms with Gasteiger partial charge >= 0.3 is 0 Å². The van der Waals surface area contributed by atoms with Gasteiger partial charge in [-0.25, -0.2) is 10.9 Å². The number of hydrogen-bond donors (Lipinski definition) is 3. The van der Waals surface area contributed by atoms with E-state index in [-0.39, 0.29) is 18.0 Å². The fourth-order valence-corrected chi connectivity index (χ4v) is 3.04. The molecule has 3 rings (SSSR count). The molecule has 22 heavy (non-hydrogen) atoms. The predicted octanol–water partition coefficient (Wildman–Crippen LogP) is 2.67. The topological polar surface area (TPSA) is 53.2 Å². The molecule has 1 aliphatic rings. The lowest BCUT2D eigenvalue weighted by molar-refractivity contribution is -0.123. The molecular weight excluding hydrogens is 342 g/mol. The lowest BCUT2D eigenvalue weighted by Gasteiger charge is -2.11. The standard InChI is InChI=1S/C17H18BrN3O/c18-14-8-4-5-12(9-14)11-19-17(22)16-10-15(20-21-16)13-6-2-1-3-7-13/h1-9,15-16,20-21H,10-11H2,(H,19,22). The van der Waals surface area contributed by atoms with Crippen LogP contribution in [0.15, 0.2) is 59.1 Å². The predicted molar refractivity (Wildman–Crippen MR) is 89.8 cm³/mol. The van der Waals surface area contributed by atoms with Crippen LogP contribution in [0.5, 0.6) is 0 Å². The van der Waals surface area contributed by atoms with Crippen LogP contribution in [0.25, 0.3) is 0 Å². The second kappa shape index (κ2) is 7.05. The van der Waals surface area contributed by atoms with Crippen LogP contribution < -0.4 is 16.2 Å². The Morgan fingerprint density at radius 3 is 2.73 bits per heavy atom. The normalized spacial score (nSPS) is 20.8. The average Bonchev–Trinajstić information content (AvgIpc) is 3.04. The van der Waals surface area contributed by atoms with Crippen molar-refractivity contribution >= 4 is 21.8 Å². The zero-order valence-corrected chi connectivity index (χ0v) is 13.6. The Labute approximate surface area is 138 Å². The number of halogens is 1. The summed E-state index contributed by atoms with van der Waals surface area (Å²) in [6.07, 6.45) is 0.744. The van der Waals surface area contributed by atoms with E-state index in [1.54, 1.807) is 0 Å². The minimum absolute atomic E-state index is 0.0194. The highest BCUT2D eigenvalue weighted by Gasteiger charge is 2.29. The first-order valence-electron chi connectivity index (χ1n) is 7.30. The molecule has 2 atom stereocenters. The zero-order chi connectivity index (χ0) is 15.4. The van der Waals surface area contributed by atoms with Crippen LogP contribution in [0.2, 0.25) is 0 Å². The Morgan fingerprint density at radius 2 is 1.95 bits per heavy atom. The molecule has 1 amide bonds. The van der Waals surface area contributed by atoms with E-state index < -0.39 is 0 Å². The quantitative estimate of drug-likeness (QED) is 0.786. The Morgan fingerprint density at radius 1 is 1.14 bits per heavy atom. The van der Waals surface area contributed by atoms with Gasteiger partial charge in [0.25, 0.3) is 0 Å². The van der Waals surface area contributed by atoms with Gasteiger partial charge in [0.1, 0.15) is 6.04 Å². The van der Waals surface area contributed by atoms with Gasteiger partial charge in [0.15, 0.2) is 0 Å². The van der Waals surface area contributed by atoms with Crippen LogP contribution in [-0.4, -0.2) is 11.9 Å². The molecule has 114 valence electrons. The molecule has 0 spiro atoms.